The van der Waals surface area contributed by atoms with Crippen LogP contribution in [0.1, 0.15) is 26.2 Å². The second-order valence-corrected chi connectivity index (χ2v) is 5.27. The molecule has 0 saturated carbocycles. The van der Waals surface area contributed by atoms with E-state index in [4.69, 9.17) is 4.98 Å². The molecule has 0 bridgehead atoms. The number of aromatic nitrogens is 2. The van der Waals surface area contributed by atoms with Gasteiger partial charge in [-0.05, 0) is 30.7 Å². The van der Waals surface area contributed by atoms with Crippen LogP contribution in [0.15, 0.2) is 54.6 Å². The van der Waals surface area contributed by atoms with Gasteiger partial charge in [-0.1, -0.05) is 50.1 Å². The quantitative estimate of drug-likeness (QED) is 0.646. The molecule has 3 rings (SSSR count). The van der Waals surface area contributed by atoms with Crippen molar-refractivity contribution in [2.24, 2.45) is 0 Å². The van der Waals surface area contributed by atoms with Gasteiger partial charge >= 0.3 is 0 Å². The third-order valence-electron chi connectivity index (χ3n) is 3.67. The zero-order valence-electron chi connectivity index (χ0n) is 12.4. The Bertz CT molecular complexity index is 701. The third kappa shape index (κ3) is 3.07. The minimum absolute atomic E-state index is 0.929. The van der Waals surface area contributed by atoms with Gasteiger partial charge in [-0.3, -0.25) is 0 Å². The third-order valence-corrected chi connectivity index (χ3v) is 3.67. The molecule has 1 heterocycles. The van der Waals surface area contributed by atoms with E-state index in [-0.39, 0.29) is 0 Å². The van der Waals surface area contributed by atoms with Crippen LogP contribution in [0.4, 0.5) is 11.6 Å². The van der Waals surface area contributed by atoms with E-state index in [9.17, 15) is 0 Å². The molecule has 2 aromatic carbocycles. The zero-order chi connectivity index (χ0) is 14.5. The molecule has 0 spiro atoms. The summed E-state index contributed by atoms with van der Waals surface area (Å²) in [5, 5.41) is 3.44. The van der Waals surface area contributed by atoms with Gasteiger partial charge in [0, 0.05) is 12.2 Å². The van der Waals surface area contributed by atoms with E-state index in [1.54, 1.807) is 0 Å². The number of para-hydroxylation sites is 3. The number of anilines is 2. The fourth-order valence-electron chi connectivity index (χ4n) is 2.57. The van der Waals surface area contributed by atoms with E-state index in [1.165, 1.54) is 24.8 Å². The minimum atomic E-state index is 0.929. The molecule has 3 aromatic rings. The standard InChI is InChI=1S/C18H21N3/c1-2-3-9-14-21-17-13-8-7-12-16(17)20-18(21)19-15-10-5-4-6-11-15/h4-8,10-13H,2-3,9,14H2,1H3,(H,19,20). The average Bonchev–Trinajstić information content (AvgIpc) is 2.86. The first-order valence-electron chi connectivity index (χ1n) is 7.66. The largest absolute Gasteiger partial charge is 0.326 e. The monoisotopic (exact) mass is 279 g/mol. The maximum atomic E-state index is 4.74. The summed E-state index contributed by atoms with van der Waals surface area (Å²) in [6.45, 7) is 3.23. The second kappa shape index (κ2) is 6.44. The number of unbranched alkanes of at least 4 members (excludes halogenated alkanes) is 2. The summed E-state index contributed by atoms with van der Waals surface area (Å²) in [5.74, 6) is 0.929. The van der Waals surface area contributed by atoms with Crippen LogP contribution in [0.5, 0.6) is 0 Å². The van der Waals surface area contributed by atoms with E-state index < -0.39 is 0 Å². The molecule has 108 valence electrons. The summed E-state index contributed by atoms with van der Waals surface area (Å²) in [6, 6.07) is 18.6. The number of hydrogen-bond donors (Lipinski definition) is 1. The summed E-state index contributed by atoms with van der Waals surface area (Å²) in [6.07, 6.45) is 3.66. The predicted octanol–water partition coefficient (Wildman–Crippen LogP) is 4.97. The molecule has 0 fully saturated rings. The molecule has 1 N–H and O–H groups in total. The smallest absolute Gasteiger partial charge is 0.208 e. The van der Waals surface area contributed by atoms with Gasteiger partial charge in [0.25, 0.3) is 0 Å². The molecule has 0 amide bonds. The highest BCUT2D eigenvalue weighted by atomic mass is 15.2. The van der Waals surface area contributed by atoms with Crippen molar-refractivity contribution in [1.29, 1.82) is 0 Å². The normalized spacial score (nSPS) is 10.9. The van der Waals surface area contributed by atoms with E-state index in [0.717, 1.165) is 23.7 Å². The molecular weight excluding hydrogens is 258 g/mol. The van der Waals surface area contributed by atoms with Crippen LogP contribution in [-0.2, 0) is 6.54 Å². The molecule has 3 nitrogen and oxygen atoms in total. The number of nitrogens with zero attached hydrogens (tertiary/aromatic N) is 2. The first kappa shape index (κ1) is 13.7. The van der Waals surface area contributed by atoms with Crippen LogP contribution in [-0.4, -0.2) is 9.55 Å². The Kier molecular flexibility index (Phi) is 4.20. The van der Waals surface area contributed by atoms with Crippen LogP contribution in [0, 0.1) is 0 Å². The lowest BCUT2D eigenvalue weighted by molar-refractivity contribution is 0.618. The lowest BCUT2D eigenvalue weighted by atomic mass is 10.2. The molecule has 0 radical (unpaired) electrons. The average molecular weight is 279 g/mol. The van der Waals surface area contributed by atoms with Crippen LogP contribution in [0.25, 0.3) is 11.0 Å². The molecule has 0 unspecified atom stereocenters. The van der Waals surface area contributed by atoms with E-state index in [2.05, 4.69) is 47.1 Å². The topological polar surface area (TPSA) is 29.9 Å². The summed E-state index contributed by atoms with van der Waals surface area (Å²) in [4.78, 5) is 4.74. The minimum Gasteiger partial charge on any atom is -0.326 e. The van der Waals surface area contributed by atoms with Gasteiger partial charge in [-0.2, -0.15) is 0 Å². The fourth-order valence-corrected chi connectivity index (χ4v) is 2.57. The fraction of sp³-hybridized carbons (Fsp3) is 0.278. The number of hydrogen-bond acceptors (Lipinski definition) is 2. The number of aryl methyl sites for hydroxylation is 1. The molecule has 0 atom stereocenters. The number of imidazole rings is 1. The van der Waals surface area contributed by atoms with Crippen molar-refractivity contribution in [2.45, 2.75) is 32.7 Å². The van der Waals surface area contributed by atoms with Crippen molar-refractivity contribution >= 4 is 22.7 Å². The van der Waals surface area contributed by atoms with Crippen molar-refractivity contribution in [3.63, 3.8) is 0 Å². The number of fused-ring (bicyclic) bond motifs is 1. The van der Waals surface area contributed by atoms with Crippen molar-refractivity contribution in [1.82, 2.24) is 9.55 Å². The van der Waals surface area contributed by atoms with E-state index >= 15 is 0 Å². The SMILES string of the molecule is CCCCCn1c(Nc2ccccc2)nc2ccccc21. The summed E-state index contributed by atoms with van der Waals surface area (Å²) < 4.78 is 2.29. The first-order valence-corrected chi connectivity index (χ1v) is 7.66. The van der Waals surface area contributed by atoms with Gasteiger partial charge in [0.2, 0.25) is 5.95 Å². The van der Waals surface area contributed by atoms with E-state index in [1.807, 2.05) is 24.3 Å². The van der Waals surface area contributed by atoms with Gasteiger partial charge in [-0.25, -0.2) is 4.98 Å². The lowest BCUT2D eigenvalue weighted by Gasteiger charge is -2.10. The zero-order valence-corrected chi connectivity index (χ0v) is 12.4. The molecule has 0 aliphatic rings. The molecule has 0 saturated heterocycles. The highest BCUT2D eigenvalue weighted by Gasteiger charge is 2.09. The van der Waals surface area contributed by atoms with Gasteiger partial charge in [-0.15, -0.1) is 0 Å². The summed E-state index contributed by atoms with van der Waals surface area (Å²) in [5.41, 5.74) is 3.32. The lowest BCUT2D eigenvalue weighted by Crippen LogP contribution is -2.04. The van der Waals surface area contributed by atoms with Gasteiger partial charge in [0.15, 0.2) is 0 Å². The van der Waals surface area contributed by atoms with Crippen molar-refractivity contribution in [3.8, 4) is 0 Å². The molecule has 21 heavy (non-hydrogen) atoms. The van der Waals surface area contributed by atoms with Crippen LogP contribution >= 0.6 is 0 Å². The Morgan fingerprint density at radius 2 is 1.71 bits per heavy atom. The van der Waals surface area contributed by atoms with Gasteiger partial charge < -0.3 is 9.88 Å². The van der Waals surface area contributed by atoms with Crippen molar-refractivity contribution in [2.75, 3.05) is 5.32 Å². The van der Waals surface area contributed by atoms with Crippen LogP contribution in [0.2, 0.25) is 0 Å². The molecule has 0 aliphatic heterocycles. The Hall–Kier alpha value is -2.29. The van der Waals surface area contributed by atoms with Gasteiger partial charge in [0.05, 0.1) is 11.0 Å². The number of rotatable bonds is 6. The Morgan fingerprint density at radius 1 is 0.952 bits per heavy atom. The van der Waals surface area contributed by atoms with Crippen LogP contribution in [0.3, 0.4) is 0 Å². The maximum absolute atomic E-state index is 4.74. The van der Waals surface area contributed by atoms with Crippen molar-refractivity contribution in [3.05, 3.63) is 54.6 Å². The maximum Gasteiger partial charge on any atom is 0.208 e. The summed E-state index contributed by atoms with van der Waals surface area (Å²) >= 11 is 0. The molecule has 1 aromatic heterocycles. The van der Waals surface area contributed by atoms with Crippen LogP contribution < -0.4 is 5.32 Å². The molecule has 3 heteroatoms. The molecular formula is C18H21N3. The van der Waals surface area contributed by atoms with Gasteiger partial charge in [0.1, 0.15) is 0 Å². The Labute approximate surface area is 125 Å². The Balaban J connectivity index is 1.94. The predicted molar refractivity (Wildman–Crippen MR) is 89.0 cm³/mol. The van der Waals surface area contributed by atoms with E-state index in [0.29, 0.717) is 0 Å². The second-order valence-electron chi connectivity index (χ2n) is 5.27. The summed E-state index contributed by atoms with van der Waals surface area (Å²) in [7, 11) is 0. The number of benzene rings is 2. The highest BCUT2D eigenvalue weighted by Crippen LogP contribution is 2.23. The first-order chi connectivity index (χ1) is 10.4. The van der Waals surface area contributed by atoms with Crippen molar-refractivity contribution < 1.29 is 0 Å². The highest BCUT2D eigenvalue weighted by molar-refractivity contribution is 5.79. The Morgan fingerprint density at radius 3 is 2.52 bits per heavy atom. The molecule has 0 aliphatic carbocycles. The number of nitrogens with one attached hydrogen (secondary N) is 1.